The summed E-state index contributed by atoms with van der Waals surface area (Å²) in [6.45, 7) is 2.10. The molecule has 3 N–H and O–H groups in total. The number of rotatable bonds is 0. The van der Waals surface area contributed by atoms with E-state index in [0.29, 0.717) is 5.92 Å². The first kappa shape index (κ1) is 7.03. The second-order valence-electron chi connectivity index (χ2n) is 3.05. The summed E-state index contributed by atoms with van der Waals surface area (Å²) in [5.41, 5.74) is 5.67. The zero-order valence-corrected chi connectivity index (χ0v) is 5.88. The van der Waals surface area contributed by atoms with Gasteiger partial charge in [-0.15, -0.1) is 0 Å². The fourth-order valence-corrected chi connectivity index (χ4v) is 1.41. The molecule has 9 heavy (non-hydrogen) atoms. The van der Waals surface area contributed by atoms with Crippen LogP contribution in [0.3, 0.4) is 0 Å². The molecular formula is C7H15NO. The predicted octanol–water partition coefficient (Wildman–Crippen LogP) is 0.495. The summed E-state index contributed by atoms with van der Waals surface area (Å²) in [6.07, 6.45) is 2.97. The van der Waals surface area contributed by atoms with Gasteiger partial charge in [0.1, 0.15) is 0 Å². The van der Waals surface area contributed by atoms with Crippen LogP contribution in [0.25, 0.3) is 0 Å². The van der Waals surface area contributed by atoms with Gasteiger partial charge in [-0.1, -0.05) is 13.3 Å². The third-order valence-electron chi connectivity index (χ3n) is 2.26. The molecule has 0 spiro atoms. The van der Waals surface area contributed by atoms with Crippen molar-refractivity contribution < 1.29 is 5.11 Å². The average molecular weight is 129 g/mol. The van der Waals surface area contributed by atoms with Gasteiger partial charge in [0.25, 0.3) is 0 Å². The minimum Gasteiger partial charge on any atom is -0.392 e. The van der Waals surface area contributed by atoms with Crippen molar-refractivity contribution in [2.45, 2.75) is 38.3 Å². The summed E-state index contributed by atoms with van der Waals surface area (Å²) in [5.74, 6) is 0.508. The Hall–Kier alpha value is -0.0800. The highest BCUT2D eigenvalue weighted by atomic mass is 16.3. The van der Waals surface area contributed by atoms with Gasteiger partial charge >= 0.3 is 0 Å². The van der Waals surface area contributed by atoms with E-state index in [4.69, 9.17) is 5.73 Å². The normalized spacial score (nSPS) is 45.0. The van der Waals surface area contributed by atoms with Crippen LogP contribution in [0.2, 0.25) is 0 Å². The third kappa shape index (κ3) is 1.43. The van der Waals surface area contributed by atoms with Crippen molar-refractivity contribution in [1.82, 2.24) is 0 Å². The molecule has 0 aromatic heterocycles. The zero-order valence-electron chi connectivity index (χ0n) is 5.88. The van der Waals surface area contributed by atoms with Gasteiger partial charge in [0, 0.05) is 6.04 Å². The maximum atomic E-state index is 9.22. The van der Waals surface area contributed by atoms with Crippen molar-refractivity contribution in [3.05, 3.63) is 0 Å². The van der Waals surface area contributed by atoms with Crippen molar-refractivity contribution >= 4 is 0 Å². The summed E-state index contributed by atoms with van der Waals surface area (Å²) in [7, 11) is 0. The largest absolute Gasteiger partial charge is 0.392 e. The second-order valence-corrected chi connectivity index (χ2v) is 3.05. The summed E-state index contributed by atoms with van der Waals surface area (Å²) in [6, 6.07) is 0.0266. The van der Waals surface area contributed by atoms with Crippen LogP contribution < -0.4 is 5.73 Å². The Balaban J connectivity index is 2.41. The molecule has 0 saturated heterocycles. The molecule has 2 heteroatoms. The average Bonchev–Trinajstić information content (AvgIpc) is 1.83. The van der Waals surface area contributed by atoms with Gasteiger partial charge in [-0.3, -0.25) is 0 Å². The Bertz CT molecular complexity index is 84.9. The summed E-state index contributed by atoms with van der Waals surface area (Å²) < 4.78 is 0. The minimum absolute atomic E-state index is 0.0266. The fourth-order valence-electron chi connectivity index (χ4n) is 1.41. The summed E-state index contributed by atoms with van der Waals surface area (Å²) in [4.78, 5) is 0. The van der Waals surface area contributed by atoms with Gasteiger partial charge < -0.3 is 10.8 Å². The predicted molar refractivity (Wildman–Crippen MR) is 37.0 cm³/mol. The molecular weight excluding hydrogens is 114 g/mol. The van der Waals surface area contributed by atoms with Crippen LogP contribution in [-0.4, -0.2) is 17.3 Å². The molecule has 1 aliphatic carbocycles. The van der Waals surface area contributed by atoms with Crippen LogP contribution in [0.1, 0.15) is 26.2 Å². The van der Waals surface area contributed by atoms with Gasteiger partial charge in [0.2, 0.25) is 0 Å². The molecule has 54 valence electrons. The van der Waals surface area contributed by atoms with Gasteiger partial charge in [0.05, 0.1) is 6.10 Å². The Labute approximate surface area is 56.1 Å². The quantitative estimate of drug-likeness (QED) is 0.500. The lowest BCUT2D eigenvalue weighted by Crippen LogP contribution is -2.43. The molecule has 0 heterocycles. The first-order valence-electron chi connectivity index (χ1n) is 3.65. The molecule has 2 nitrogen and oxygen atoms in total. The Kier molecular flexibility index (Phi) is 2.09. The number of hydrogen-bond donors (Lipinski definition) is 2. The summed E-state index contributed by atoms with van der Waals surface area (Å²) in [5, 5.41) is 9.22. The van der Waals surface area contributed by atoms with E-state index in [-0.39, 0.29) is 12.1 Å². The lowest BCUT2D eigenvalue weighted by Gasteiger charge is -2.29. The van der Waals surface area contributed by atoms with Crippen LogP contribution in [0.15, 0.2) is 0 Å². The van der Waals surface area contributed by atoms with Crippen molar-refractivity contribution in [1.29, 1.82) is 0 Å². The topological polar surface area (TPSA) is 46.2 Å². The number of aliphatic hydroxyl groups excluding tert-OH is 1. The molecule has 0 bridgehead atoms. The van der Waals surface area contributed by atoms with Crippen LogP contribution >= 0.6 is 0 Å². The zero-order chi connectivity index (χ0) is 6.85. The minimum atomic E-state index is -0.242. The molecule has 1 aliphatic rings. The molecule has 0 unspecified atom stereocenters. The monoisotopic (exact) mass is 129 g/mol. The highest BCUT2D eigenvalue weighted by molar-refractivity contribution is 4.81. The lowest BCUT2D eigenvalue weighted by atomic mass is 9.84. The van der Waals surface area contributed by atoms with Gasteiger partial charge in [-0.05, 0) is 18.8 Å². The van der Waals surface area contributed by atoms with E-state index in [1.54, 1.807) is 0 Å². The van der Waals surface area contributed by atoms with Gasteiger partial charge in [0.15, 0.2) is 0 Å². The number of hydrogen-bond acceptors (Lipinski definition) is 2. The smallest absolute Gasteiger partial charge is 0.0693 e. The van der Waals surface area contributed by atoms with Crippen molar-refractivity contribution in [3.8, 4) is 0 Å². The molecule has 1 fully saturated rings. The van der Waals surface area contributed by atoms with Crippen LogP contribution in [0.4, 0.5) is 0 Å². The van der Waals surface area contributed by atoms with E-state index in [0.717, 1.165) is 12.8 Å². The standard InChI is InChI=1S/C7H15NO/c1-5-3-2-4-6(9)7(5)8/h5-7,9H,2-4,8H2,1H3/t5-,6-,7-/m1/s1. The molecule has 3 atom stereocenters. The number of nitrogens with two attached hydrogens (primary N) is 1. The SMILES string of the molecule is C[C@@H]1CCC[C@@H](O)[C@@H]1N. The maximum absolute atomic E-state index is 9.22. The van der Waals surface area contributed by atoms with E-state index in [2.05, 4.69) is 6.92 Å². The third-order valence-corrected chi connectivity index (χ3v) is 2.26. The highest BCUT2D eigenvalue weighted by Crippen LogP contribution is 2.22. The van der Waals surface area contributed by atoms with E-state index in [9.17, 15) is 5.11 Å². The second kappa shape index (κ2) is 2.67. The van der Waals surface area contributed by atoms with Gasteiger partial charge in [-0.25, -0.2) is 0 Å². The first-order chi connectivity index (χ1) is 4.22. The van der Waals surface area contributed by atoms with Crippen LogP contribution in [0.5, 0.6) is 0 Å². The Morgan fingerprint density at radius 1 is 1.44 bits per heavy atom. The lowest BCUT2D eigenvalue weighted by molar-refractivity contribution is 0.0817. The van der Waals surface area contributed by atoms with Crippen molar-refractivity contribution in [2.75, 3.05) is 0 Å². The first-order valence-corrected chi connectivity index (χ1v) is 3.65. The van der Waals surface area contributed by atoms with Crippen LogP contribution in [0, 0.1) is 5.92 Å². The highest BCUT2D eigenvalue weighted by Gasteiger charge is 2.25. The fraction of sp³-hybridized carbons (Fsp3) is 1.00. The Morgan fingerprint density at radius 2 is 2.11 bits per heavy atom. The van der Waals surface area contributed by atoms with Crippen molar-refractivity contribution in [2.24, 2.45) is 11.7 Å². The van der Waals surface area contributed by atoms with E-state index in [1.165, 1.54) is 6.42 Å². The van der Waals surface area contributed by atoms with Gasteiger partial charge in [-0.2, -0.15) is 0 Å². The molecule has 0 aromatic rings. The van der Waals surface area contributed by atoms with Crippen molar-refractivity contribution in [3.63, 3.8) is 0 Å². The van der Waals surface area contributed by atoms with E-state index in [1.807, 2.05) is 0 Å². The Morgan fingerprint density at radius 3 is 2.56 bits per heavy atom. The summed E-state index contributed by atoms with van der Waals surface area (Å²) >= 11 is 0. The maximum Gasteiger partial charge on any atom is 0.0693 e. The van der Waals surface area contributed by atoms with E-state index >= 15 is 0 Å². The molecule has 0 radical (unpaired) electrons. The molecule has 1 saturated carbocycles. The molecule has 0 aromatic carbocycles. The molecule has 1 rings (SSSR count). The van der Waals surface area contributed by atoms with E-state index < -0.39 is 0 Å². The van der Waals surface area contributed by atoms with Crippen LogP contribution in [-0.2, 0) is 0 Å². The molecule has 0 amide bonds. The molecule has 0 aliphatic heterocycles. The number of aliphatic hydroxyl groups is 1.